The van der Waals surface area contributed by atoms with Gasteiger partial charge in [0.05, 0.1) is 19.1 Å². The Labute approximate surface area is 108 Å². The van der Waals surface area contributed by atoms with E-state index in [0.29, 0.717) is 12.8 Å². The first-order chi connectivity index (χ1) is 8.08. The summed E-state index contributed by atoms with van der Waals surface area (Å²) in [5.74, 6) is -0.0369. The maximum absolute atomic E-state index is 11.2. The van der Waals surface area contributed by atoms with E-state index in [1.165, 1.54) is 0 Å². The van der Waals surface area contributed by atoms with Crippen LogP contribution in [-0.2, 0) is 28.6 Å². The summed E-state index contributed by atoms with van der Waals surface area (Å²) < 4.78 is 53.6. The molecule has 0 amide bonds. The summed E-state index contributed by atoms with van der Waals surface area (Å²) in [4.78, 5) is 0. The lowest BCUT2D eigenvalue weighted by atomic mass is 10.2. The summed E-state index contributed by atoms with van der Waals surface area (Å²) in [6.45, 7) is 1.81. The summed E-state index contributed by atoms with van der Waals surface area (Å²) in [5.41, 5.74) is -0.816. The van der Waals surface area contributed by atoms with Gasteiger partial charge in [-0.15, -0.1) is 0 Å². The molecule has 1 aliphatic rings. The molecule has 1 fully saturated rings. The van der Waals surface area contributed by atoms with Crippen LogP contribution in [0.2, 0.25) is 0 Å². The molecule has 18 heavy (non-hydrogen) atoms. The fourth-order valence-electron chi connectivity index (χ4n) is 1.91. The highest BCUT2D eigenvalue weighted by molar-refractivity contribution is 7.86. The molecule has 0 spiro atoms. The lowest BCUT2D eigenvalue weighted by Crippen LogP contribution is -2.20. The molecular weight excluding hydrogens is 280 g/mol. The van der Waals surface area contributed by atoms with Crippen molar-refractivity contribution in [2.75, 3.05) is 19.1 Å². The third-order valence-corrected chi connectivity index (χ3v) is 3.82. The molecule has 106 valence electrons. The summed E-state index contributed by atoms with van der Waals surface area (Å²) in [7, 11) is -6.99. The molecule has 1 saturated carbocycles. The standard InChI is InChI=1S/C10H18O6S2/c1-4-6-10(16-18(3,13)14)8-9(10)5-7-15-17(2,11)12/h4,6,9H,5,7-8H2,1-3H3/b6-4-/t9-,10+/m0/s1. The van der Waals surface area contributed by atoms with Crippen molar-refractivity contribution in [3.63, 3.8) is 0 Å². The largest absolute Gasteiger partial charge is 0.270 e. The maximum Gasteiger partial charge on any atom is 0.265 e. The summed E-state index contributed by atoms with van der Waals surface area (Å²) >= 11 is 0. The van der Waals surface area contributed by atoms with Gasteiger partial charge in [0, 0.05) is 0 Å². The van der Waals surface area contributed by atoms with Crippen LogP contribution in [-0.4, -0.2) is 41.6 Å². The van der Waals surface area contributed by atoms with Crippen molar-refractivity contribution in [1.82, 2.24) is 0 Å². The van der Waals surface area contributed by atoms with E-state index in [1.54, 1.807) is 19.1 Å². The zero-order chi connectivity index (χ0) is 14.0. The van der Waals surface area contributed by atoms with Crippen LogP contribution in [0.1, 0.15) is 19.8 Å². The van der Waals surface area contributed by atoms with Crippen LogP contribution in [0.4, 0.5) is 0 Å². The second-order valence-corrected chi connectivity index (χ2v) is 7.68. The minimum Gasteiger partial charge on any atom is -0.270 e. The minimum absolute atomic E-state index is 0.0369. The van der Waals surface area contributed by atoms with Gasteiger partial charge in [0.2, 0.25) is 0 Å². The lowest BCUT2D eigenvalue weighted by molar-refractivity contribution is 0.207. The SMILES string of the molecule is C/C=C\[C@@]1(OS(C)(=O)=O)C[C@@H]1CCOS(C)(=O)=O. The second kappa shape index (κ2) is 5.28. The molecule has 1 aliphatic carbocycles. The van der Waals surface area contributed by atoms with Gasteiger partial charge in [-0.05, 0) is 25.7 Å². The van der Waals surface area contributed by atoms with Crippen molar-refractivity contribution < 1.29 is 25.2 Å². The molecule has 0 bridgehead atoms. The van der Waals surface area contributed by atoms with Crippen LogP contribution < -0.4 is 0 Å². The van der Waals surface area contributed by atoms with E-state index in [1.807, 2.05) is 0 Å². The molecule has 0 unspecified atom stereocenters. The average Bonchev–Trinajstić information content (AvgIpc) is 2.73. The minimum atomic E-state index is -3.54. The monoisotopic (exact) mass is 298 g/mol. The fourth-order valence-corrected chi connectivity index (χ4v) is 3.13. The Morgan fingerprint density at radius 1 is 1.22 bits per heavy atom. The Bertz CT molecular complexity index is 519. The molecule has 8 heteroatoms. The average molecular weight is 298 g/mol. The van der Waals surface area contributed by atoms with E-state index in [0.717, 1.165) is 12.5 Å². The summed E-state index contributed by atoms with van der Waals surface area (Å²) in [6.07, 6.45) is 6.39. The number of rotatable bonds is 7. The highest BCUT2D eigenvalue weighted by Gasteiger charge is 2.55. The van der Waals surface area contributed by atoms with Crippen molar-refractivity contribution >= 4 is 20.2 Å². The summed E-state index contributed by atoms with van der Waals surface area (Å²) in [5, 5.41) is 0. The van der Waals surface area contributed by atoms with Crippen LogP contribution >= 0.6 is 0 Å². The van der Waals surface area contributed by atoms with Crippen molar-refractivity contribution in [2.24, 2.45) is 5.92 Å². The zero-order valence-electron chi connectivity index (χ0n) is 10.6. The molecule has 0 aliphatic heterocycles. The number of hydrogen-bond acceptors (Lipinski definition) is 6. The van der Waals surface area contributed by atoms with Gasteiger partial charge in [-0.25, -0.2) is 0 Å². The molecule has 0 aromatic heterocycles. The molecule has 0 saturated heterocycles. The van der Waals surface area contributed by atoms with E-state index < -0.39 is 25.8 Å². The highest BCUT2D eigenvalue weighted by Crippen LogP contribution is 2.51. The van der Waals surface area contributed by atoms with Crippen molar-refractivity contribution in [2.45, 2.75) is 25.4 Å². The third-order valence-electron chi connectivity index (χ3n) is 2.62. The Balaban J connectivity index is 2.56. The van der Waals surface area contributed by atoms with E-state index in [2.05, 4.69) is 4.18 Å². The van der Waals surface area contributed by atoms with Gasteiger partial charge in [-0.3, -0.25) is 8.37 Å². The first-order valence-electron chi connectivity index (χ1n) is 5.47. The molecule has 1 rings (SSSR count). The van der Waals surface area contributed by atoms with Gasteiger partial charge in [-0.2, -0.15) is 16.8 Å². The molecule has 0 N–H and O–H groups in total. The van der Waals surface area contributed by atoms with Crippen molar-refractivity contribution in [1.29, 1.82) is 0 Å². The lowest BCUT2D eigenvalue weighted by Gasteiger charge is -2.12. The molecule has 6 nitrogen and oxygen atoms in total. The van der Waals surface area contributed by atoms with E-state index in [9.17, 15) is 16.8 Å². The predicted molar refractivity (Wildman–Crippen MR) is 67.0 cm³/mol. The third kappa shape index (κ3) is 5.05. The van der Waals surface area contributed by atoms with E-state index >= 15 is 0 Å². The van der Waals surface area contributed by atoms with E-state index in [-0.39, 0.29) is 12.5 Å². The van der Waals surface area contributed by atoms with Crippen LogP contribution in [0, 0.1) is 5.92 Å². The van der Waals surface area contributed by atoms with Gasteiger partial charge < -0.3 is 0 Å². The molecule has 0 heterocycles. The molecular formula is C10H18O6S2. The number of hydrogen-bond donors (Lipinski definition) is 0. The van der Waals surface area contributed by atoms with Gasteiger partial charge in [-0.1, -0.05) is 12.2 Å². The molecule has 2 atom stereocenters. The molecule has 0 aromatic carbocycles. The topological polar surface area (TPSA) is 86.7 Å². The smallest absolute Gasteiger partial charge is 0.265 e. The predicted octanol–water partition coefficient (Wildman–Crippen LogP) is 0.664. The Kier molecular flexibility index (Phi) is 4.58. The zero-order valence-corrected chi connectivity index (χ0v) is 12.3. The summed E-state index contributed by atoms with van der Waals surface area (Å²) in [6, 6.07) is 0. The van der Waals surface area contributed by atoms with Crippen molar-refractivity contribution in [3.05, 3.63) is 12.2 Å². The first-order valence-corrected chi connectivity index (χ1v) is 9.10. The Morgan fingerprint density at radius 2 is 1.83 bits per heavy atom. The van der Waals surface area contributed by atoms with Crippen LogP contribution in [0.25, 0.3) is 0 Å². The normalized spacial score (nSPS) is 28.7. The maximum atomic E-state index is 11.2. The van der Waals surface area contributed by atoms with E-state index in [4.69, 9.17) is 4.18 Å². The second-order valence-electron chi connectivity index (χ2n) is 4.46. The highest BCUT2D eigenvalue weighted by atomic mass is 32.2. The van der Waals surface area contributed by atoms with Gasteiger partial charge in [0.1, 0.15) is 5.60 Å². The van der Waals surface area contributed by atoms with Crippen molar-refractivity contribution in [3.8, 4) is 0 Å². The number of allylic oxidation sites excluding steroid dienone is 1. The Hall–Kier alpha value is -0.440. The van der Waals surface area contributed by atoms with Crippen LogP contribution in [0.5, 0.6) is 0 Å². The fraction of sp³-hybridized carbons (Fsp3) is 0.800. The van der Waals surface area contributed by atoms with Gasteiger partial charge in [0.15, 0.2) is 0 Å². The molecule has 0 radical (unpaired) electrons. The van der Waals surface area contributed by atoms with Crippen LogP contribution in [0.15, 0.2) is 12.2 Å². The Morgan fingerprint density at radius 3 is 2.28 bits per heavy atom. The quantitative estimate of drug-likeness (QED) is 0.507. The van der Waals surface area contributed by atoms with Gasteiger partial charge >= 0.3 is 0 Å². The van der Waals surface area contributed by atoms with Crippen LogP contribution in [0.3, 0.4) is 0 Å². The first kappa shape index (κ1) is 15.6. The van der Waals surface area contributed by atoms with Gasteiger partial charge in [0.25, 0.3) is 20.2 Å². The molecule has 0 aromatic rings.